The molecule has 0 aliphatic heterocycles. The van der Waals surface area contributed by atoms with Crippen molar-refractivity contribution >= 4 is 18.0 Å². The molecular weight excluding hydrogens is 218 g/mol. The quantitative estimate of drug-likeness (QED) is 0.582. The SMILES string of the molecule is COC(=O)CN(C)C(=O)/C=C/c1ccccc1. The van der Waals surface area contributed by atoms with E-state index >= 15 is 0 Å². The van der Waals surface area contributed by atoms with E-state index in [0.29, 0.717) is 0 Å². The van der Waals surface area contributed by atoms with Gasteiger partial charge in [0.2, 0.25) is 5.91 Å². The van der Waals surface area contributed by atoms with Crippen molar-refractivity contribution in [2.45, 2.75) is 0 Å². The molecule has 0 fully saturated rings. The summed E-state index contributed by atoms with van der Waals surface area (Å²) in [6.07, 6.45) is 3.13. The Balaban J connectivity index is 2.54. The predicted molar refractivity (Wildman–Crippen MR) is 65.1 cm³/mol. The third kappa shape index (κ3) is 4.51. The molecule has 0 heterocycles. The van der Waals surface area contributed by atoms with Gasteiger partial charge in [-0.3, -0.25) is 9.59 Å². The van der Waals surface area contributed by atoms with Crippen molar-refractivity contribution in [3.8, 4) is 0 Å². The molecule has 1 aromatic carbocycles. The second kappa shape index (κ2) is 6.48. The molecule has 1 aromatic rings. The molecule has 1 rings (SSSR count). The number of rotatable bonds is 4. The molecule has 0 aromatic heterocycles. The minimum absolute atomic E-state index is 0.0472. The van der Waals surface area contributed by atoms with Crippen molar-refractivity contribution in [2.24, 2.45) is 0 Å². The molecule has 4 nitrogen and oxygen atoms in total. The van der Waals surface area contributed by atoms with Crippen molar-refractivity contribution in [1.82, 2.24) is 4.90 Å². The number of amides is 1. The van der Waals surface area contributed by atoms with Gasteiger partial charge in [0, 0.05) is 13.1 Å². The molecule has 0 N–H and O–H groups in total. The minimum atomic E-state index is -0.436. The first-order valence-corrected chi connectivity index (χ1v) is 5.18. The molecule has 0 saturated heterocycles. The van der Waals surface area contributed by atoms with Crippen LogP contribution in [-0.4, -0.2) is 37.5 Å². The van der Waals surface area contributed by atoms with E-state index in [4.69, 9.17) is 0 Å². The number of carbonyl (C=O) groups excluding carboxylic acids is 2. The highest BCUT2D eigenvalue weighted by atomic mass is 16.5. The van der Waals surface area contributed by atoms with Gasteiger partial charge in [0.1, 0.15) is 6.54 Å². The molecule has 0 aliphatic rings. The van der Waals surface area contributed by atoms with Crippen molar-refractivity contribution in [3.63, 3.8) is 0 Å². The number of likely N-dealkylation sites (N-methyl/N-ethyl adjacent to an activating group) is 1. The molecule has 90 valence electrons. The first-order valence-electron chi connectivity index (χ1n) is 5.18. The van der Waals surface area contributed by atoms with Gasteiger partial charge in [0.25, 0.3) is 0 Å². The van der Waals surface area contributed by atoms with Crippen molar-refractivity contribution in [1.29, 1.82) is 0 Å². The summed E-state index contributed by atoms with van der Waals surface area (Å²) >= 11 is 0. The summed E-state index contributed by atoms with van der Waals surface area (Å²) in [4.78, 5) is 23.9. The van der Waals surface area contributed by atoms with Crippen molar-refractivity contribution in [2.75, 3.05) is 20.7 Å². The van der Waals surface area contributed by atoms with Crippen LogP contribution in [0.5, 0.6) is 0 Å². The maximum atomic E-state index is 11.6. The molecular formula is C13H15NO3. The summed E-state index contributed by atoms with van der Waals surface area (Å²) in [5.74, 6) is -0.673. The number of benzene rings is 1. The lowest BCUT2D eigenvalue weighted by Crippen LogP contribution is -2.31. The third-order valence-corrected chi connectivity index (χ3v) is 2.19. The first kappa shape index (κ1) is 13.0. The number of methoxy groups -OCH3 is 1. The van der Waals surface area contributed by atoms with E-state index in [9.17, 15) is 9.59 Å². The summed E-state index contributed by atoms with van der Waals surface area (Å²) in [5, 5.41) is 0. The molecule has 0 spiro atoms. The largest absolute Gasteiger partial charge is 0.468 e. The fraction of sp³-hybridized carbons (Fsp3) is 0.231. The summed E-state index contributed by atoms with van der Waals surface area (Å²) in [6, 6.07) is 9.47. The molecule has 0 radical (unpaired) electrons. The van der Waals surface area contributed by atoms with Crippen molar-refractivity contribution < 1.29 is 14.3 Å². The van der Waals surface area contributed by atoms with Gasteiger partial charge in [-0.1, -0.05) is 30.3 Å². The third-order valence-electron chi connectivity index (χ3n) is 2.19. The van der Waals surface area contributed by atoms with E-state index in [1.54, 1.807) is 13.1 Å². The highest BCUT2D eigenvalue weighted by Crippen LogP contribution is 2.01. The Morgan fingerprint density at radius 3 is 2.53 bits per heavy atom. The zero-order chi connectivity index (χ0) is 12.7. The zero-order valence-electron chi connectivity index (χ0n) is 9.92. The second-order valence-corrected chi connectivity index (χ2v) is 3.51. The zero-order valence-corrected chi connectivity index (χ0v) is 9.92. The lowest BCUT2D eigenvalue weighted by Gasteiger charge is -2.12. The van der Waals surface area contributed by atoms with Gasteiger partial charge in [-0.05, 0) is 11.6 Å². The van der Waals surface area contributed by atoms with Crippen molar-refractivity contribution in [3.05, 3.63) is 42.0 Å². The predicted octanol–water partition coefficient (Wildman–Crippen LogP) is 1.33. The number of ether oxygens (including phenoxy) is 1. The Hall–Kier alpha value is -2.10. The molecule has 0 unspecified atom stereocenters. The smallest absolute Gasteiger partial charge is 0.325 e. The summed E-state index contributed by atoms with van der Waals surface area (Å²) < 4.78 is 4.48. The van der Waals surface area contributed by atoms with Crippen LogP contribution in [0.2, 0.25) is 0 Å². The minimum Gasteiger partial charge on any atom is -0.468 e. The number of esters is 1. The van der Waals surface area contributed by atoms with Gasteiger partial charge in [-0.15, -0.1) is 0 Å². The number of hydrogen-bond donors (Lipinski definition) is 0. The molecule has 1 amide bonds. The van der Waals surface area contributed by atoms with Gasteiger partial charge >= 0.3 is 5.97 Å². The fourth-order valence-electron chi connectivity index (χ4n) is 1.20. The van der Waals surface area contributed by atoms with Crippen LogP contribution in [0.25, 0.3) is 6.08 Å². The van der Waals surface area contributed by atoms with Crippen LogP contribution in [0.3, 0.4) is 0 Å². The second-order valence-electron chi connectivity index (χ2n) is 3.51. The molecule has 0 atom stereocenters. The number of nitrogens with zero attached hydrogens (tertiary/aromatic N) is 1. The summed E-state index contributed by atoms with van der Waals surface area (Å²) in [6.45, 7) is -0.0472. The van der Waals surface area contributed by atoms with Crippen LogP contribution in [0, 0.1) is 0 Å². The lowest BCUT2D eigenvalue weighted by molar-refractivity contribution is -0.144. The van der Waals surface area contributed by atoms with Gasteiger partial charge in [0.05, 0.1) is 7.11 Å². The van der Waals surface area contributed by atoms with E-state index < -0.39 is 5.97 Å². The number of carbonyl (C=O) groups is 2. The average Bonchev–Trinajstić information content (AvgIpc) is 2.36. The van der Waals surface area contributed by atoms with Crippen LogP contribution in [-0.2, 0) is 14.3 Å². The lowest BCUT2D eigenvalue weighted by atomic mass is 10.2. The standard InChI is InChI=1S/C13H15NO3/c1-14(10-13(16)17-2)12(15)9-8-11-6-4-3-5-7-11/h3-9H,10H2,1-2H3/b9-8+. The topological polar surface area (TPSA) is 46.6 Å². The van der Waals surface area contributed by atoms with E-state index in [-0.39, 0.29) is 12.5 Å². The fourth-order valence-corrected chi connectivity index (χ4v) is 1.20. The van der Waals surface area contributed by atoms with E-state index in [2.05, 4.69) is 4.74 Å². The molecule has 0 bridgehead atoms. The molecule has 0 aliphatic carbocycles. The Kier molecular flexibility index (Phi) is 4.94. The maximum Gasteiger partial charge on any atom is 0.325 e. The van der Waals surface area contributed by atoms with Crippen LogP contribution >= 0.6 is 0 Å². The Morgan fingerprint density at radius 2 is 1.94 bits per heavy atom. The van der Waals surface area contributed by atoms with Gasteiger partial charge in [-0.2, -0.15) is 0 Å². The summed E-state index contributed by atoms with van der Waals surface area (Å²) in [7, 11) is 2.84. The van der Waals surface area contributed by atoms with Crippen LogP contribution < -0.4 is 0 Å². The van der Waals surface area contributed by atoms with Crippen LogP contribution in [0.1, 0.15) is 5.56 Å². The first-order chi connectivity index (χ1) is 8.13. The normalized spacial score (nSPS) is 10.2. The van der Waals surface area contributed by atoms with Crippen LogP contribution in [0.4, 0.5) is 0 Å². The van der Waals surface area contributed by atoms with Gasteiger partial charge < -0.3 is 9.64 Å². The van der Waals surface area contributed by atoms with Gasteiger partial charge in [0.15, 0.2) is 0 Å². The molecule has 17 heavy (non-hydrogen) atoms. The Morgan fingerprint density at radius 1 is 1.29 bits per heavy atom. The Bertz CT molecular complexity index is 412. The number of hydrogen-bond acceptors (Lipinski definition) is 3. The van der Waals surface area contributed by atoms with E-state index in [0.717, 1.165) is 5.56 Å². The maximum absolute atomic E-state index is 11.6. The highest BCUT2D eigenvalue weighted by molar-refractivity contribution is 5.93. The molecule has 4 heteroatoms. The van der Waals surface area contributed by atoms with E-state index in [1.807, 2.05) is 30.3 Å². The Labute approximate surface area is 100 Å². The van der Waals surface area contributed by atoms with Crippen LogP contribution in [0.15, 0.2) is 36.4 Å². The van der Waals surface area contributed by atoms with Gasteiger partial charge in [-0.25, -0.2) is 0 Å². The summed E-state index contributed by atoms with van der Waals surface area (Å²) in [5.41, 5.74) is 0.937. The highest BCUT2D eigenvalue weighted by Gasteiger charge is 2.09. The molecule has 0 saturated carbocycles. The average molecular weight is 233 g/mol. The van der Waals surface area contributed by atoms with E-state index in [1.165, 1.54) is 18.1 Å². The monoisotopic (exact) mass is 233 g/mol.